The van der Waals surface area contributed by atoms with Crippen LogP contribution in [0.1, 0.15) is 11.3 Å². The van der Waals surface area contributed by atoms with E-state index in [1.807, 2.05) is 25.3 Å². The molecule has 2 rings (SSSR count). The van der Waals surface area contributed by atoms with Gasteiger partial charge in [-0.1, -0.05) is 0 Å². The molecule has 0 amide bonds. The second kappa shape index (κ2) is 4.28. The first-order valence-electron chi connectivity index (χ1n) is 4.57. The van der Waals surface area contributed by atoms with E-state index in [0.29, 0.717) is 6.54 Å². The van der Waals surface area contributed by atoms with Crippen molar-refractivity contribution < 1.29 is 0 Å². The van der Waals surface area contributed by atoms with Crippen molar-refractivity contribution in [3.8, 4) is 5.82 Å². The first-order chi connectivity index (χ1) is 7.19. The largest absolute Gasteiger partial charge is 0.326 e. The molecule has 4 nitrogen and oxygen atoms in total. The van der Waals surface area contributed by atoms with E-state index in [0.717, 1.165) is 20.6 Å². The molecule has 2 aromatic rings. The number of hydrogen-bond donors (Lipinski definition) is 1. The number of rotatable bonds is 2. The van der Waals surface area contributed by atoms with Gasteiger partial charge in [-0.15, -0.1) is 0 Å². The van der Waals surface area contributed by atoms with Gasteiger partial charge in [-0.25, -0.2) is 9.67 Å². The number of aromatic nitrogens is 3. The van der Waals surface area contributed by atoms with Crippen LogP contribution in [0.15, 0.2) is 24.5 Å². The van der Waals surface area contributed by atoms with Crippen LogP contribution in [0.4, 0.5) is 0 Å². The third kappa shape index (κ3) is 2.35. The molecule has 2 N–H and O–H groups in total. The summed E-state index contributed by atoms with van der Waals surface area (Å²) in [5.74, 6) is 0.818. The van der Waals surface area contributed by atoms with E-state index in [9.17, 15) is 0 Å². The summed E-state index contributed by atoms with van der Waals surface area (Å²) in [6.07, 6.45) is 3.73. The molecule has 0 fully saturated rings. The first kappa shape index (κ1) is 10.6. The zero-order valence-corrected chi connectivity index (χ0v) is 10.5. The van der Waals surface area contributed by atoms with Gasteiger partial charge in [0.2, 0.25) is 0 Å². The molecule has 0 unspecified atom stereocenters. The summed E-state index contributed by atoms with van der Waals surface area (Å²) in [4.78, 5) is 4.41. The van der Waals surface area contributed by atoms with Crippen LogP contribution in [0.25, 0.3) is 5.82 Å². The minimum absolute atomic E-state index is 0.523. The highest BCUT2D eigenvalue weighted by Gasteiger charge is 2.02. The van der Waals surface area contributed by atoms with Gasteiger partial charge in [0, 0.05) is 18.4 Å². The minimum Gasteiger partial charge on any atom is -0.326 e. The highest BCUT2D eigenvalue weighted by Crippen LogP contribution is 2.11. The Bertz CT molecular complexity index is 478. The summed E-state index contributed by atoms with van der Waals surface area (Å²) in [7, 11) is 0. The molecular formula is C10H11IN4. The number of pyridine rings is 1. The van der Waals surface area contributed by atoms with Gasteiger partial charge in [-0.2, -0.15) is 5.10 Å². The Balaban J connectivity index is 2.48. The van der Waals surface area contributed by atoms with Crippen molar-refractivity contribution in [1.82, 2.24) is 14.8 Å². The molecule has 0 aliphatic carbocycles. The quantitative estimate of drug-likeness (QED) is 0.858. The third-order valence-corrected chi connectivity index (χ3v) is 2.58. The Morgan fingerprint density at radius 2 is 2.27 bits per heavy atom. The molecule has 0 atom stereocenters. The van der Waals surface area contributed by atoms with Crippen LogP contribution in [0.5, 0.6) is 0 Å². The van der Waals surface area contributed by atoms with Gasteiger partial charge >= 0.3 is 0 Å². The van der Waals surface area contributed by atoms with E-state index < -0.39 is 0 Å². The molecule has 0 aliphatic heterocycles. The maximum Gasteiger partial charge on any atom is 0.153 e. The van der Waals surface area contributed by atoms with E-state index in [4.69, 9.17) is 5.73 Å². The summed E-state index contributed by atoms with van der Waals surface area (Å²) in [6.45, 7) is 2.48. The number of hydrogen-bond acceptors (Lipinski definition) is 3. The van der Waals surface area contributed by atoms with Gasteiger partial charge in [0.25, 0.3) is 0 Å². The van der Waals surface area contributed by atoms with E-state index in [1.165, 1.54) is 0 Å². The Labute approximate surface area is 102 Å². The van der Waals surface area contributed by atoms with Crippen molar-refractivity contribution in [3.05, 3.63) is 39.4 Å². The number of nitrogens with zero attached hydrogens (tertiary/aromatic N) is 3. The van der Waals surface area contributed by atoms with Crippen LogP contribution < -0.4 is 5.73 Å². The topological polar surface area (TPSA) is 56.7 Å². The minimum atomic E-state index is 0.523. The van der Waals surface area contributed by atoms with E-state index in [2.05, 4.69) is 32.7 Å². The lowest BCUT2D eigenvalue weighted by Crippen LogP contribution is -2.03. The van der Waals surface area contributed by atoms with Gasteiger partial charge in [0.15, 0.2) is 5.82 Å². The zero-order chi connectivity index (χ0) is 10.8. The van der Waals surface area contributed by atoms with Gasteiger partial charge in [-0.05, 0) is 47.2 Å². The van der Waals surface area contributed by atoms with Gasteiger partial charge in [0.05, 0.1) is 9.77 Å². The third-order valence-electron chi connectivity index (χ3n) is 2.02. The Morgan fingerprint density at radius 3 is 2.87 bits per heavy atom. The van der Waals surface area contributed by atoms with Crippen molar-refractivity contribution in [2.75, 3.05) is 0 Å². The highest BCUT2D eigenvalue weighted by atomic mass is 127. The van der Waals surface area contributed by atoms with Crippen molar-refractivity contribution in [1.29, 1.82) is 0 Å². The average Bonchev–Trinajstić information content (AvgIpc) is 2.64. The van der Waals surface area contributed by atoms with Crippen LogP contribution >= 0.6 is 22.6 Å². The normalized spacial score (nSPS) is 10.6. The Morgan fingerprint density at radius 1 is 1.47 bits per heavy atom. The number of halogens is 1. The lowest BCUT2D eigenvalue weighted by atomic mass is 10.2. The molecule has 2 aromatic heterocycles. The predicted molar refractivity (Wildman–Crippen MR) is 66.7 cm³/mol. The Hall–Kier alpha value is -0.950. The molecule has 0 aliphatic rings. The molecule has 0 radical (unpaired) electrons. The smallest absolute Gasteiger partial charge is 0.153 e. The molecule has 15 heavy (non-hydrogen) atoms. The SMILES string of the molecule is Cc1cc(CN)cc(-n2cc(I)cn2)n1. The molecule has 0 spiro atoms. The van der Waals surface area contributed by atoms with Gasteiger partial charge in [0.1, 0.15) is 0 Å². The van der Waals surface area contributed by atoms with Gasteiger partial charge in [-0.3, -0.25) is 0 Å². The van der Waals surface area contributed by atoms with Crippen molar-refractivity contribution in [2.45, 2.75) is 13.5 Å². The first-order valence-corrected chi connectivity index (χ1v) is 5.65. The van der Waals surface area contributed by atoms with Crippen molar-refractivity contribution in [3.63, 3.8) is 0 Å². The molecule has 78 valence electrons. The molecule has 0 saturated heterocycles. The van der Waals surface area contributed by atoms with Gasteiger partial charge < -0.3 is 5.73 Å². The van der Waals surface area contributed by atoms with E-state index in [1.54, 1.807) is 10.9 Å². The van der Waals surface area contributed by atoms with Crippen LogP contribution in [0, 0.1) is 10.5 Å². The van der Waals surface area contributed by atoms with E-state index in [-0.39, 0.29) is 0 Å². The molecule has 0 saturated carbocycles. The highest BCUT2D eigenvalue weighted by molar-refractivity contribution is 14.1. The van der Waals surface area contributed by atoms with Crippen LogP contribution in [0.2, 0.25) is 0 Å². The summed E-state index contributed by atoms with van der Waals surface area (Å²) in [5, 5.41) is 4.21. The van der Waals surface area contributed by atoms with Crippen LogP contribution in [-0.2, 0) is 6.54 Å². The van der Waals surface area contributed by atoms with Crippen LogP contribution in [-0.4, -0.2) is 14.8 Å². The van der Waals surface area contributed by atoms with Crippen LogP contribution in [0.3, 0.4) is 0 Å². The lowest BCUT2D eigenvalue weighted by Gasteiger charge is -2.04. The maximum absolute atomic E-state index is 5.61. The second-order valence-electron chi connectivity index (χ2n) is 3.28. The molecular weight excluding hydrogens is 303 g/mol. The standard InChI is InChI=1S/C10H11IN4/c1-7-2-8(4-12)3-10(14-7)15-6-9(11)5-13-15/h2-3,5-6H,4,12H2,1H3. The van der Waals surface area contributed by atoms with E-state index >= 15 is 0 Å². The molecule has 5 heteroatoms. The second-order valence-corrected chi connectivity index (χ2v) is 4.53. The summed E-state index contributed by atoms with van der Waals surface area (Å²) >= 11 is 2.22. The maximum atomic E-state index is 5.61. The summed E-state index contributed by atoms with van der Waals surface area (Å²) < 4.78 is 2.85. The monoisotopic (exact) mass is 314 g/mol. The molecule has 0 bridgehead atoms. The summed E-state index contributed by atoms with van der Waals surface area (Å²) in [6, 6.07) is 3.94. The lowest BCUT2D eigenvalue weighted by molar-refractivity contribution is 0.834. The zero-order valence-electron chi connectivity index (χ0n) is 8.31. The Kier molecular flexibility index (Phi) is 3.01. The molecule has 0 aromatic carbocycles. The summed E-state index contributed by atoms with van der Waals surface area (Å²) in [5.41, 5.74) is 7.64. The fraction of sp³-hybridized carbons (Fsp3) is 0.200. The fourth-order valence-electron chi connectivity index (χ4n) is 1.38. The predicted octanol–water partition coefficient (Wildman–Crippen LogP) is 1.64. The van der Waals surface area contributed by atoms with Crippen molar-refractivity contribution >= 4 is 22.6 Å². The number of aryl methyl sites for hydroxylation is 1. The average molecular weight is 314 g/mol. The van der Waals surface area contributed by atoms with Crippen molar-refractivity contribution in [2.24, 2.45) is 5.73 Å². The molecule has 2 heterocycles. The number of nitrogens with two attached hydrogens (primary N) is 1. The fourth-order valence-corrected chi connectivity index (χ4v) is 1.77.